The van der Waals surface area contributed by atoms with Crippen LogP contribution in [0.1, 0.15) is 65.7 Å². The van der Waals surface area contributed by atoms with Crippen LogP contribution in [0.25, 0.3) is 0 Å². The summed E-state index contributed by atoms with van der Waals surface area (Å²) in [4.78, 5) is 0. The van der Waals surface area contributed by atoms with Gasteiger partial charge in [0, 0.05) is 0 Å². The summed E-state index contributed by atoms with van der Waals surface area (Å²) >= 11 is 0. The van der Waals surface area contributed by atoms with Gasteiger partial charge >= 0.3 is 0 Å². The number of nitrogens with zero attached hydrogens (tertiary/aromatic N) is 2. The second kappa shape index (κ2) is 13.8. The number of rotatable bonds is 14. The highest BCUT2D eigenvalue weighted by atomic mass is 16.5. The van der Waals surface area contributed by atoms with Crippen LogP contribution in [-0.2, 0) is 0 Å². The van der Waals surface area contributed by atoms with Crippen LogP contribution in [-0.4, -0.2) is 13.2 Å². The van der Waals surface area contributed by atoms with Crippen molar-refractivity contribution in [2.75, 3.05) is 13.2 Å². The van der Waals surface area contributed by atoms with Crippen molar-refractivity contribution >= 4 is 11.4 Å². The molecule has 0 heterocycles. The van der Waals surface area contributed by atoms with E-state index in [0.717, 1.165) is 48.9 Å². The molecule has 0 saturated carbocycles. The molecule has 158 valence electrons. The number of unbranched alkanes of at least 4 members (excludes halogenated alkanes) is 5. The number of hydrogen-bond acceptors (Lipinski definition) is 4. The molecule has 4 nitrogen and oxygen atoms in total. The zero-order valence-corrected chi connectivity index (χ0v) is 18.3. The van der Waals surface area contributed by atoms with Gasteiger partial charge in [0.25, 0.3) is 0 Å². The minimum atomic E-state index is 0.562. The lowest BCUT2D eigenvalue weighted by Gasteiger charge is -2.10. The molecule has 0 aromatic heterocycles. The Morgan fingerprint density at radius 3 is 1.76 bits per heavy atom. The van der Waals surface area contributed by atoms with Crippen molar-refractivity contribution in [3.63, 3.8) is 0 Å². The van der Waals surface area contributed by atoms with Crippen LogP contribution in [0.5, 0.6) is 11.5 Å². The van der Waals surface area contributed by atoms with Gasteiger partial charge in [0.15, 0.2) is 0 Å². The average molecular weight is 397 g/mol. The molecule has 2 rings (SSSR count). The molecule has 2 aromatic carbocycles. The van der Waals surface area contributed by atoms with Crippen LogP contribution < -0.4 is 9.47 Å². The molecule has 0 aliphatic carbocycles. The van der Waals surface area contributed by atoms with Gasteiger partial charge in [-0.1, -0.05) is 59.3 Å². The summed E-state index contributed by atoms with van der Waals surface area (Å²) in [6.45, 7) is 8.12. The smallest absolute Gasteiger partial charge is 0.119 e. The van der Waals surface area contributed by atoms with Gasteiger partial charge in [-0.3, -0.25) is 0 Å². The van der Waals surface area contributed by atoms with Crippen molar-refractivity contribution in [1.29, 1.82) is 0 Å². The molecule has 1 atom stereocenters. The van der Waals surface area contributed by atoms with Crippen LogP contribution in [0.15, 0.2) is 58.8 Å². The first-order valence-electron chi connectivity index (χ1n) is 11.1. The Bertz CT molecular complexity index is 696. The molecule has 29 heavy (non-hydrogen) atoms. The first-order chi connectivity index (χ1) is 14.2. The fourth-order valence-corrected chi connectivity index (χ4v) is 2.76. The molecule has 0 bridgehead atoms. The molecule has 0 saturated heterocycles. The van der Waals surface area contributed by atoms with Gasteiger partial charge in [0.05, 0.1) is 24.6 Å². The minimum absolute atomic E-state index is 0.562. The average Bonchev–Trinajstić information content (AvgIpc) is 2.77. The first kappa shape index (κ1) is 22.9. The van der Waals surface area contributed by atoms with E-state index in [2.05, 4.69) is 31.0 Å². The maximum atomic E-state index is 5.81. The summed E-state index contributed by atoms with van der Waals surface area (Å²) in [5, 5.41) is 8.60. The van der Waals surface area contributed by atoms with Gasteiger partial charge in [0.2, 0.25) is 0 Å². The van der Waals surface area contributed by atoms with E-state index in [1.54, 1.807) is 0 Å². The summed E-state index contributed by atoms with van der Waals surface area (Å²) in [5.41, 5.74) is 1.62. The highest BCUT2D eigenvalue weighted by Crippen LogP contribution is 2.23. The Hall–Kier alpha value is -2.36. The molecule has 4 heteroatoms. The third-order valence-corrected chi connectivity index (χ3v) is 4.95. The fourth-order valence-electron chi connectivity index (χ4n) is 2.76. The van der Waals surface area contributed by atoms with E-state index in [-0.39, 0.29) is 0 Å². The van der Waals surface area contributed by atoms with Crippen molar-refractivity contribution in [3.8, 4) is 11.5 Å². The van der Waals surface area contributed by atoms with Crippen molar-refractivity contribution in [3.05, 3.63) is 48.5 Å². The lowest BCUT2D eigenvalue weighted by atomic mass is 10.1. The van der Waals surface area contributed by atoms with Gasteiger partial charge in [-0.25, -0.2) is 0 Å². The predicted molar refractivity (Wildman–Crippen MR) is 121 cm³/mol. The van der Waals surface area contributed by atoms with Crippen LogP contribution in [0.4, 0.5) is 11.4 Å². The standard InChI is InChI=1S/C25H36N2O2/c1-4-6-7-8-9-10-19-28-24-15-11-22(12-16-24)26-27-23-13-17-25(18-14-23)29-20-21(3)5-2/h11-18,21H,4-10,19-20H2,1-3H3/t21-/m0/s1. The second-order valence-corrected chi connectivity index (χ2v) is 7.63. The second-order valence-electron chi connectivity index (χ2n) is 7.63. The number of ether oxygens (including phenoxy) is 2. The molecule has 0 spiro atoms. The summed E-state index contributed by atoms with van der Waals surface area (Å²) in [5.74, 6) is 2.32. The van der Waals surface area contributed by atoms with Crippen molar-refractivity contribution in [1.82, 2.24) is 0 Å². The Morgan fingerprint density at radius 1 is 0.690 bits per heavy atom. The van der Waals surface area contributed by atoms with Crippen LogP contribution in [0.2, 0.25) is 0 Å². The lowest BCUT2D eigenvalue weighted by Crippen LogP contribution is -2.06. The third kappa shape index (κ3) is 9.60. The van der Waals surface area contributed by atoms with E-state index in [1.165, 1.54) is 32.1 Å². The SMILES string of the molecule is CCCCCCCCOc1ccc(N=Nc2ccc(OC[C@@H](C)CC)cc2)cc1. The molecule has 0 aliphatic rings. The van der Waals surface area contributed by atoms with E-state index >= 15 is 0 Å². The van der Waals surface area contributed by atoms with Crippen molar-refractivity contribution < 1.29 is 9.47 Å². The third-order valence-electron chi connectivity index (χ3n) is 4.95. The highest BCUT2D eigenvalue weighted by molar-refractivity contribution is 5.44. The molecule has 0 unspecified atom stereocenters. The first-order valence-corrected chi connectivity index (χ1v) is 11.1. The monoisotopic (exact) mass is 396 g/mol. The van der Waals surface area contributed by atoms with E-state index < -0.39 is 0 Å². The molecular weight excluding hydrogens is 360 g/mol. The minimum Gasteiger partial charge on any atom is -0.494 e. The Morgan fingerprint density at radius 2 is 1.21 bits per heavy atom. The summed E-state index contributed by atoms with van der Waals surface area (Å²) in [6, 6.07) is 15.5. The summed E-state index contributed by atoms with van der Waals surface area (Å²) < 4.78 is 11.6. The van der Waals surface area contributed by atoms with Crippen LogP contribution in [0, 0.1) is 5.92 Å². The topological polar surface area (TPSA) is 43.2 Å². The fraction of sp³-hybridized carbons (Fsp3) is 0.520. The largest absolute Gasteiger partial charge is 0.494 e. The Kier molecular flexibility index (Phi) is 10.9. The predicted octanol–water partition coefficient (Wildman–Crippen LogP) is 8.27. The number of hydrogen-bond donors (Lipinski definition) is 0. The van der Waals surface area contributed by atoms with Crippen molar-refractivity contribution in [2.45, 2.75) is 65.7 Å². The maximum Gasteiger partial charge on any atom is 0.119 e. The zero-order chi connectivity index (χ0) is 20.7. The molecule has 0 fully saturated rings. The Balaban J connectivity index is 1.72. The zero-order valence-electron chi connectivity index (χ0n) is 18.3. The van der Waals surface area contributed by atoms with E-state index in [1.807, 2.05) is 48.5 Å². The molecular formula is C25H36N2O2. The quantitative estimate of drug-likeness (QED) is 0.238. The van der Waals surface area contributed by atoms with Gasteiger partial charge < -0.3 is 9.47 Å². The lowest BCUT2D eigenvalue weighted by molar-refractivity contribution is 0.256. The number of azo groups is 1. The summed E-state index contributed by atoms with van der Waals surface area (Å²) in [7, 11) is 0. The summed E-state index contributed by atoms with van der Waals surface area (Å²) in [6.07, 6.45) is 8.75. The highest BCUT2D eigenvalue weighted by Gasteiger charge is 2.01. The van der Waals surface area contributed by atoms with Crippen LogP contribution >= 0.6 is 0 Å². The number of benzene rings is 2. The van der Waals surface area contributed by atoms with E-state index in [9.17, 15) is 0 Å². The Labute approximate surface area is 176 Å². The molecule has 0 N–H and O–H groups in total. The molecule has 0 radical (unpaired) electrons. The molecule has 2 aromatic rings. The van der Waals surface area contributed by atoms with E-state index in [0.29, 0.717) is 5.92 Å². The van der Waals surface area contributed by atoms with Crippen LogP contribution in [0.3, 0.4) is 0 Å². The maximum absolute atomic E-state index is 5.81. The van der Waals surface area contributed by atoms with Gasteiger partial charge in [-0.15, -0.1) is 0 Å². The van der Waals surface area contributed by atoms with Gasteiger partial charge in [-0.2, -0.15) is 10.2 Å². The molecule has 0 amide bonds. The normalized spacial score (nSPS) is 12.2. The van der Waals surface area contributed by atoms with Crippen molar-refractivity contribution in [2.24, 2.45) is 16.1 Å². The van der Waals surface area contributed by atoms with Gasteiger partial charge in [0.1, 0.15) is 11.5 Å². The van der Waals surface area contributed by atoms with Gasteiger partial charge in [-0.05, 0) is 60.9 Å². The molecule has 0 aliphatic heterocycles. The van der Waals surface area contributed by atoms with E-state index in [4.69, 9.17) is 9.47 Å².